The molecule has 1 aromatic carbocycles. The lowest BCUT2D eigenvalue weighted by Crippen LogP contribution is -2.47. The zero-order valence-corrected chi connectivity index (χ0v) is 12.4. The molecule has 1 heterocycles. The minimum Gasteiger partial charge on any atom is -0.394 e. The summed E-state index contributed by atoms with van der Waals surface area (Å²) in [6.45, 7) is 4.63. The van der Waals surface area contributed by atoms with Gasteiger partial charge in [-0.3, -0.25) is 0 Å². The first-order valence-corrected chi connectivity index (χ1v) is 7.92. The van der Waals surface area contributed by atoms with Gasteiger partial charge in [-0.05, 0) is 50.7 Å². The van der Waals surface area contributed by atoms with Crippen LogP contribution >= 0.6 is 0 Å². The largest absolute Gasteiger partial charge is 0.394 e. The highest BCUT2D eigenvalue weighted by atomic mass is 16.3. The fourth-order valence-corrected chi connectivity index (χ4v) is 3.22. The lowest BCUT2D eigenvalue weighted by molar-refractivity contribution is 0.162. The Morgan fingerprint density at radius 1 is 1.35 bits per heavy atom. The number of benzene rings is 1. The van der Waals surface area contributed by atoms with E-state index in [-0.39, 0.29) is 12.1 Å². The normalized spacial score (nSPS) is 20.8. The van der Waals surface area contributed by atoms with Gasteiger partial charge >= 0.3 is 0 Å². The van der Waals surface area contributed by atoms with Gasteiger partial charge < -0.3 is 15.3 Å². The summed E-state index contributed by atoms with van der Waals surface area (Å²) in [5, 5.41) is 13.2. The molecule has 1 aliphatic carbocycles. The predicted molar refractivity (Wildman–Crippen MR) is 83.2 cm³/mol. The minimum atomic E-state index is -0.0968. The van der Waals surface area contributed by atoms with E-state index in [1.807, 2.05) is 0 Å². The molecule has 0 radical (unpaired) electrons. The maximum Gasteiger partial charge on any atom is 0.0610 e. The molecule has 1 aliphatic heterocycles. The second-order valence-electron chi connectivity index (χ2n) is 6.61. The van der Waals surface area contributed by atoms with Gasteiger partial charge in [0.2, 0.25) is 0 Å². The second-order valence-corrected chi connectivity index (χ2v) is 6.61. The Hall–Kier alpha value is -1.06. The standard InChI is InChI=1S/C17H26N2O/c1-17(13-20,18-15-7-8-15)10-4-11-19-12-9-14-5-2-3-6-16(14)19/h2-3,5-6,15,18,20H,4,7-13H2,1H3. The van der Waals surface area contributed by atoms with E-state index in [1.54, 1.807) is 0 Å². The molecule has 1 saturated carbocycles. The topological polar surface area (TPSA) is 35.5 Å². The van der Waals surface area contributed by atoms with Crippen LogP contribution in [-0.2, 0) is 6.42 Å². The molecule has 1 atom stereocenters. The lowest BCUT2D eigenvalue weighted by atomic mass is 9.96. The Morgan fingerprint density at radius 3 is 2.90 bits per heavy atom. The van der Waals surface area contributed by atoms with Crippen molar-refractivity contribution in [3.8, 4) is 0 Å². The molecule has 3 nitrogen and oxygen atoms in total. The first kappa shape index (κ1) is 13.9. The number of aliphatic hydroxyl groups excluding tert-OH is 1. The van der Waals surface area contributed by atoms with E-state index in [9.17, 15) is 5.11 Å². The average molecular weight is 274 g/mol. The third-order valence-electron chi connectivity index (χ3n) is 4.62. The van der Waals surface area contributed by atoms with Crippen LogP contribution in [0.1, 0.15) is 38.2 Å². The SMILES string of the molecule is CC(CO)(CCCN1CCc2ccccc21)NC1CC1. The van der Waals surface area contributed by atoms with Crippen LogP contribution in [0.5, 0.6) is 0 Å². The molecular formula is C17H26N2O. The van der Waals surface area contributed by atoms with Crippen LogP contribution in [0.15, 0.2) is 24.3 Å². The van der Waals surface area contributed by atoms with E-state index in [0.717, 1.165) is 25.9 Å². The van der Waals surface area contributed by atoms with Crippen molar-refractivity contribution < 1.29 is 5.11 Å². The fourth-order valence-electron chi connectivity index (χ4n) is 3.22. The molecule has 0 aromatic heterocycles. The Morgan fingerprint density at radius 2 is 2.15 bits per heavy atom. The van der Waals surface area contributed by atoms with E-state index in [1.165, 1.54) is 30.5 Å². The van der Waals surface area contributed by atoms with E-state index in [0.29, 0.717) is 6.04 Å². The molecule has 1 fully saturated rings. The van der Waals surface area contributed by atoms with Gasteiger partial charge in [-0.15, -0.1) is 0 Å². The van der Waals surface area contributed by atoms with Crippen molar-refractivity contribution in [2.24, 2.45) is 0 Å². The predicted octanol–water partition coefficient (Wildman–Crippen LogP) is 2.33. The van der Waals surface area contributed by atoms with E-state index in [4.69, 9.17) is 0 Å². The first-order chi connectivity index (χ1) is 9.70. The summed E-state index contributed by atoms with van der Waals surface area (Å²) >= 11 is 0. The highest BCUT2D eigenvalue weighted by Crippen LogP contribution is 2.29. The molecule has 20 heavy (non-hydrogen) atoms. The summed E-state index contributed by atoms with van der Waals surface area (Å²) in [5.41, 5.74) is 2.79. The lowest BCUT2D eigenvalue weighted by Gasteiger charge is -2.30. The monoisotopic (exact) mass is 274 g/mol. The van der Waals surface area contributed by atoms with Crippen LogP contribution in [0.2, 0.25) is 0 Å². The van der Waals surface area contributed by atoms with E-state index >= 15 is 0 Å². The number of nitrogens with zero attached hydrogens (tertiary/aromatic N) is 1. The number of hydrogen-bond donors (Lipinski definition) is 2. The molecule has 0 saturated heterocycles. The molecule has 3 rings (SSSR count). The molecule has 2 aliphatic rings. The van der Waals surface area contributed by atoms with Gasteiger partial charge in [0, 0.05) is 30.4 Å². The zero-order chi connectivity index (χ0) is 14.0. The van der Waals surface area contributed by atoms with Crippen molar-refractivity contribution in [2.45, 2.75) is 50.6 Å². The third kappa shape index (κ3) is 3.15. The number of aliphatic hydroxyl groups is 1. The van der Waals surface area contributed by atoms with Crippen molar-refractivity contribution in [3.05, 3.63) is 29.8 Å². The number of anilines is 1. The molecule has 1 aromatic rings. The van der Waals surface area contributed by atoms with Crippen molar-refractivity contribution in [3.63, 3.8) is 0 Å². The quantitative estimate of drug-likeness (QED) is 0.801. The Balaban J connectivity index is 1.50. The minimum absolute atomic E-state index is 0.0968. The van der Waals surface area contributed by atoms with Crippen LogP contribution in [-0.4, -0.2) is 36.4 Å². The molecule has 0 bridgehead atoms. The van der Waals surface area contributed by atoms with Crippen LogP contribution in [0.25, 0.3) is 0 Å². The van der Waals surface area contributed by atoms with E-state index in [2.05, 4.69) is 41.4 Å². The highest BCUT2D eigenvalue weighted by molar-refractivity contribution is 5.57. The van der Waals surface area contributed by atoms with Gasteiger partial charge in [0.1, 0.15) is 0 Å². The van der Waals surface area contributed by atoms with Crippen molar-refractivity contribution in [1.29, 1.82) is 0 Å². The smallest absolute Gasteiger partial charge is 0.0610 e. The van der Waals surface area contributed by atoms with Gasteiger partial charge in [0.15, 0.2) is 0 Å². The Labute approximate surface area is 122 Å². The van der Waals surface area contributed by atoms with Crippen LogP contribution < -0.4 is 10.2 Å². The number of fused-ring (bicyclic) bond motifs is 1. The molecule has 2 N–H and O–H groups in total. The molecule has 1 unspecified atom stereocenters. The van der Waals surface area contributed by atoms with Crippen molar-refractivity contribution in [1.82, 2.24) is 5.32 Å². The van der Waals surface area contributed by atoms with Crippen LogP contribution in [0.3, 0.4) is 0 Å². The van der Waals surface area contributed by atoms with Gasteiger partial charge in [0.25, 0.3) is 0 Å². The zero-order valence-electron chi connectivity index (χ0n) is 12.4. The van der Waals surface area contributed by atoms with E-state index < -0.39 is 0 Å². The molecule has 110 valence electrons. The number of nitrogens with one attached hydrogen (secondary N) is 1. The molecule has 3 heteroatoms. The summed E-state index contributed by atoms with van der Waals surface area (Å²) in [4.78, 5) is 2.49. The average Bonchev–Trinajstić information content (AvgIpc) is 3.17. The van der Waals surface area contributed by atoms with Crippen molar-refractivity contribution >= 4 is 5.69 Å². The summed E-state index contributed by atoms with van der Waals surface area (Å²) in [6.07, 6.45) is 5.89. The van der Waals surface area contributed by atoms with Crippen molar-refractivity contribution in [2.75, 3.05) is 24.6 Å². The van der Waals surface area contributed by atoms with Crippen LogP contribution in [0.4, 0.5) is 5.69 Å². The second kappa shape index (κ2) is 5.74. The van der Waals surface area contributed by atoms with Crippen LogP contribution in [0, 0.1) is 0 Å². The Kier molecular flexibility index (Phi) is 3.99. The summed E-state index contributed by atoms with van der Waals surface area (Å²) in [7, 11) is 0. The van der Waals surface area contributed by atoms with Gasteiger partial charge in [-0.2, -0.15) is 0 Å². The van der Waals surface area contributed by atoms with Gasteiger partial charge in [-0.25, -0.2) is 0 Å². The fraction of sp³-hybridized carbons (Fsp3) is 0.647. The highest BCUT2D eigenvalue weighted by Gasteiger charge is 2.31. The van der Waals surface area contributed by atoms with Gasteiger partial charge in [-0.1, -0.05) is 18.2 Å². The first-order valence-electron chi connectivity index (χ1n) is 7.92. The molecule has 0 spiro atoms. The third-order valence-corrected chi connectivity index (χ3v) is 4.62. The number of hydrogen-bond acceptors (Lipinski definition) is 3. The summed E-state index contributed by atoms with van der Waals surface area (Å²) < 4.78 is 0. The number of rotatable bonds is 7. The van der Waals surface area contributed by atoms with Gasteiger partial charge in [0.05, 0.1) is 6.61 Å². The summed E-state index contributed by atoms with van der Waals surface area (Å²) in [6, 6.07) is 9.38. The Bertz CT molecular complexity index is 458. The maximum atomic E-state index is 9.64. The maximum absolute atomic E-state index is 9.64. The number of para-hydroxylation sites is 1. The molecule has 0 amide bonds. The molecular weight excluding hydrogens is 248 g/mol. The summed E-state index contributed by atoms with van der Waals surface area (Å²) in [5.74, 6) is 0.